The highest BCUT2D eigenvalue weighted by molar-refractivity contribution is 5.05. The van der Waals surface area contributed by atoms with Crippen LogP contribution < -0.4 is 5.73 Å². The van der Waals surface area contributed by atoms with Crippen LogP contribution >= 0.6 is 0 Å². The Bertz CT molecular complexity index is 357. The number of hydrogen-bond acceptors (Lipinski definition) is 4. The van der Waals surface area contributed by atoms with Crippen molar-refractivity contribution < 1.29 is 0 Å². The maximum absolute atomic E-state index is 6.06. The third-order valence-corrected chi connectivity index (χ3v) is 4.23. The number of likely N-dealkylation sites (N-methyl/N-ethyl adjacent to an activating group) is 1. The molecule has 0 saturated carbocycles. The lowest BCUT2D eigenvalue weighted by Crippen LogP contribution is -2.57. The summed E-state index contributed by atoms with van der Waals surface area (Å²) in [5.74, 6) is 0. The van der Waals surface area contributed by atoms with Crippen molar-refractivity contribution in [2.45, 2.75) is 24.9 Å². The Morgan fingerprint density at radius 3 is 2.67 bits per heavy atom. The summed E-state index contributed by atoms with van der Waals surface area (Å²) in [6.07, 6.45) is 4.14. The van der Waals surface area contributed by atoms with Gasteiger partial charge in [0.2, 0.25) is 0 Å². The zero-order chi connectivity index (χ0) is 13.0. The van der Waals surface area contributed by atoms with Crippen LogP contribution in [0.1, 0.15) is 18.5 Å². The van der Waals surface area contributed by atoms with E-state index in [9.17, 15) is 0 Å². The van der Waals surface area contributed by atoms with Crippen molar-refractivity contribution in [1.82, 2.24) is 14.8 Å². The maximum Gasteiger partial charge on any atom is 0.0544 e. The molecule has 1 aromatic heterocycles. The number of pyridine rings is 1. The highest BCUT2D eigenvalue weighted by atomic mass is 15.2. The molecule has 4 heteroatoms. The van der Waals surface area contributed by atoms with Crippen LogP contribution in [0.2, 0.25) is 0 Å². The van der Waals surface area contributed by atoms with E-state index in [-0.39, 0.29) is 5.54 Å². The van der Waals surface area contributed by atoms with E-state index >= 15 is 0 Å². The van der Waals surface area contributed by atoms with Crippen LogP contribution in [0.25, 0.3) is 0 Å². The number of aromatic nitrogens is 1. The van der Waals surface area contributed by atoms with Gasteiger partial charge in [0.1, 0.15) is 0 Å². The number of rotatable bonds is 4. The first kappa shape index (κ1) is 13.5. The van der Waals surface area contributed by atoms with Crippen molar-refractivity contribution in [2.24, 2.45) is 5.73 Å². The van der Waals surface area contributed by atoms with Crippen molar-refractivity contribution >= 4 is 0 Å². The zero-order valence-corrected chi connectivity index (χ0v) is 11.5. The minimum atomic E-state index is 0.143. The molecule has 1 aliphatic rings. The number of likely N-dealkylation sites (tertiary alicyclic amines) is 1. The Labute approximate surface area is 110 Å². The molecule has 2 rings (SSSR count). The molecule has 0 atom stereocenters. The minimum Gasteiger partial charge on any atom is -0.329 e. The van der Waals surface area contributed by atoms with Gasteiger partial charge in [-0.1, -0.05) is 6.07 Å². The molecular formula is C14H24N4. The second-order valence-electron chi connectivity index (χ2n) is 5.41. The molecule has 18 heavy (non-hydrogen) atoms. The molecule has 1 aliphatic heterocycles. The number of nitrogens with zero attached hydrogens (tertiary/aromatic N) is 3. The summed E-state index contributed by atoms with van der Waals surface area (Å²) in [6.45, 7) is 3.86. The molecule has 1 fully saturated rings. The van der Waals surface area contributed by atoms with Gasteiger partial charge in [-0.05, 0) is 52.2 Å². The van der Waals surface area contributed by atoms with Crippen LogP contribution in [0.15, 0.2) is 24.4 Å². The first-order valence-electron chi connectivity index (χ1n) is 6.66. The fourth-order valence-electron chi connectivity index (χ4n) is 2.68. The van der Waals surface area contributed by atoms with Gasteiger partial charge in [0.25, 0.3) is 0 Å². The summed E-state index contributed by atoms with van der Waals surface area (Å²) in [5.41, 5.74) is 7.32. The van der Waals surface area contributed by atoms with E-state index in [2.05, 4.69) is 34.9 Å². The quantitative estimate of drug-likeness (QED) is 0.861. The summed E-state index contributed by atoms with van der Waals surface area (Å²) in [5, 5.41) is 0. The van der Waals surface area contributed by atoms with Gasteiger partial charge in [0.05, 0.1) is 5.69 Å². The van der Waals surface area contributed by atoms with E-state index in [0.717, 1.165) is 44.7 Å². The molecule has 100 valence electrons. The summed E-state index contributed by atoms with van der Waals surface area (Å²) in [7, 11) is 4.35. The van der Waals surface area contributed by atoms with Gasteiger partial charge >= 0.3 is 0 Å². The molecule has 2 N–H and O–H groups in total. The van der Waals surface area contributed by atoms with E-state index in [1.165, 1.54) is 0 Å². The molecule has 1 saturated heterocycles. The van der Waals surface area contributed by atoms with Gasteiger partial charge in [-0.2, -0.15) is 0 Å². The molecule has 0 aliphatic carbocycles. The Morgan fingerprint density at radius 2 is 2.11 bits per heavy atom. The van der Waals surface area contributed by atoms with Gasteiger partial charge in [0.15, 0.2) is 0 Å². The van der Waals surface area contributed by atoms with Crippen molar-refractivity contribution in [3.63, 3.8) is 0 Å². The topological polar surface area (TPSA) is 45.4 Å². The van der Waals surface area contributed by atoms with Crippen LogP contribution in [-0.2, 0) is 6.54 Å². The summed E-state index contributed by atoms with van der Waals surface area (Å²) in [4.78, 5) is 9.17. The summed E-state index contributed by atoms with van der Waals surface area (Å²) in [6, 6.07) is 6.08. The molecule has 0 spiro atoms. The number of hydrogen-bond donors (Lipinski definition) is 1. The average Bonchev–Trinajstić information content (AvgIpc) is 2.41. The van der Waals surface area contributed by atoms with Crippen molar-refractivity contribution in [3.8, 4) is 0 Å². The Hall–Kier alpha value is -0.970. The average molecular weight is 248 g/mol. The van der Waals surface area contributed by atoms with Crippen molar-refractivity contribution in [1.29, 1.82) is 0 Å². The highest BCUT2D eigenvalue weighted by Crippen LogP contribution is 2.27. The van der Waals surface area contributed by atoms with E-state index in [4.69, 9.17) is 5.73 Å². The maximum atomic E-state index is 6.06. The molecule has 0 unspecified atom stereocenters. The smallest absolute Gasteiger partial charge is 0.0544 e. The first-order chi connectivity index (χ1) is 8.66. The lowest BCUT2D eigenvalue weighted by molar-refractivity contribution is 0.0476. The predicted molar refractivity (Wildman–Crippen MR) is 74.2 cm³/mol. The van der Waals surface area contributed by atoms with Gasteiger partial charge < -0.3 is 10.6 Å². The standard InChI is InChI=1S/C14H24N4/c1-17-9-6-14(12-15,7-10-17)18(2)11-13-5-3-4-8-16-13/h3-5,8H,6-7,9-12,15H2,1-2H3. The van der Waals surface area contributed by atoms with E-state index in [0.29, 0.717) is 0 Å². The summed E-state index contributed by atoms with van der Waals surface area (Å²) >= 11 is 0. The van der Waals surface area contributed by atoms with Crippen molar-refractivity contribution in [3.05, 3.63) is 30.1 Å². The minimum absolute atomic E-state index is 0.143. The van der Waals surface area contributed by atoms with Crippen LogP contribution in [-0.4, -0.2) is 54.1 Å². The lowest BCUT2D eigenvalue weighted by Gasteiger charge is -2.46. The Balaban J connectivity index is 2.03. The normalized spacial score (nSPS) is 20.2. The third-order valence-electron chi connectivity index (χ3n) is 4.23. The van der Waals surface area contributed by atoms with Gasteiger partial charge in [-0.3, -0.25) is 9.88 Å². The van der Waals surface area contributed by atoms with Crippen LogP contribution in [0.4, 0.5) is 0 Å². The predicted octanol–water partition coefficient (Wildman–Crippen LogP) is 0.937. The first-order valence-corrected chi connectivity index (χ1v) is 6.66. The molecule has 1 aromatic rings. The van der Waals surface area contributed by atoms with Crippen LogP contribution in [0.3, 0.4) is 0 Å². The van der Waals surface area contributed by atoms with Gasteiger partial charge in [-0.25, -0.2) is 0 Å². The van der Waals surface area contributed by atoms with Crippen molar-refractivity contribution in [2.75, 3.05) is 33.7 Å². The number of piperidine rings is 1. The monoisotopic (exact) mass is 248 g/mol. The molecule has 2 heterocycles. The second-order valence-corrected chi connectivity index (χ2v) is 5.41. The van der Waals surface area contributed by atoms with Crippen LogP contribution in [0, 0.1) is 0 Å². The zero-order valence-electron chi connectivity index (χ0n) is 11.5. The highest BCUT2D eigenvalue weighted by Gasteiger charge is 2.36. The van der Waals surface area contributed by atoms with E-state index in [1.807, 2.05) is 18.3 Å². The molecule has 0 amide bonds. The van der Waals surface area contributed by atoms with Crippen LogP contribution in [0.5, 0.6) is 0 Å². The lowest BCUT2D eigenvalue weighted by atomic mass is 9.86. The Kier molecular flexibility index (Phi) is 4.32. The fraction of sp³-hybridized carbons (Fsp3) is 0.643. The summed E-state index contributed by atoms with van der Waals surface area (Å²) < 4.78 is 0. The second kappa shape index (κ2) is 5.78. The molecule has 0 aromatic carbocycles. The van der Waals surface area contributed by atoms with Gasteiger partial charge in [0, 0.05) is 24.8 Å². The number of nitrogens with two attached hydrogens (primary N) is 1. The van der Waals surface area contributed by atoms with E-state index < -0.39 is 0 Å². The largest absolute Gasteiger partial charge is 0.329 e. The van der Waals surface area contributed by atoms with Gasteiger partial charge in [-0.15, -0.1) is 0 Å². The third kappa shape index (κ3) is 2.88. The molecular weight excluding hydrogens is 224 g/mol. The molecule has 0 radical (unpaired) electrons. The fourth-order valence-corrected chi connectivity index (χ4v) is 2.68. The molecule has 4 nitrogen and oxygen atoms in total. The Morgan fingerprint density at radius 1 is 1.39 bits per heavy atom. The van der Waals surface area contributed by atoms with E-state index in [1.54, 1.807) is 0 Å². The SMILES string of the molecule is CN1CCC(CN)(N(C)Cc2ccccn2)CC1. The molecule has 0 bridgehead atoms.